The second kappa shape index (κ2) is 4.43. The summed E-state index contributed by atoms with van der Waals surface area (Å²) >= 11 is 9.90. The van der Waals surface area contributed by atoms with Crippen molar-refractivity contribution in [3.63, 3.8) is 0 Å². The minimum Gasteiger partial charge on any atom is -0.219 e. The third-order valence-corrected chi connectivity index (χ3v) is 3.34. The van der Waals surface area contributed by atoms with Gasteiger partial charge in [-0.1, -0.05) is 23.4 Å². The van der Waals surface area contributed by atoms with Crippen molar-refractivity contribution in [3.8, 4) is 0 Å². The van der Waals surface area contributed by atoms with Crippen molar-refractivity contribution < 1.29 is 8.78 Å². The molecule has 2 nitrogen and oxygen atoms in total. The summed E-state index contributed by atoms with van der Waals surface area (Å²) in [5.41, 5.74) is -0.115. The molecule has 2 rings (SSSR count). The molecule has 0 N–H and O–H groups in total. The molecular formula is C9H4BrClF2N2S. The van der Waals surface area contributed by atoms with Gasteiger partial charge in [0.2, 0.25) is 0 Å². The Hall–Kier alpha value is -0.460. The molecular weight excluding hydrogens is 322 g/mol. The number of nitrogens with zero attached hydrogens (tertiary/aromatic N) is 2. The van der Waals surface area contributed by atoms with Gasteiger partial charge in [0.25, 0.3) is 0 Å². The van der Waals surface area contributed by atoms with Gasteiger partial charge >= 0.3 is 0 Å². The highest BCUT2D eigenvalue weighted by Crippen LogP contribution is 2.31. The van der Waals surface area contributed by atoms with Crippen molar-refractivity contribution in [2.24, 2.45) is 0 Å². The Balaban J connectivity index is 2.94. The topological polar surface area (TPSA) is 25.8 Å². The Morgan fingerprint density at radius 3 is 2.69 bits per heavy atom. The molecule has 0 saturated heterocycles. The van der Waals surface area contributed by atoms with E-state index in [1.165, 1.54) is 11.8 Å². The first-order valence-electron chi connectivity index (χ1n) is 4.09. The lowest BCUT2D eigenvalue weighted by molar-refractivity contribution is 0.607. The third-order valence-electron chi connectivity index (χ3n) is 1.94. The summed E-state index contributed by atoms with van der Waals surface area (Å²) in [6, 6.07) is 1.01. The molecule has 1 aromatic carbocycles. The molecule has 0 atom stereocenters. The van der Waals surface area contributed by atoms with Crippen molar-refractivity contribution in [2.45, 2.75) is 5.16 Å². The average Bonchev–Trinajstić information content (AvgIpc) is 2.24. The quantitative estimate of drug-likeness (QED) is 0.342. The van der Waals surface area contributed by atoms with Crippen LogP contribution in [0.1, 0.15) is 0 Å². The normalized spacial score (nSPS) is 11.1. The highest BCUT2D eigenvalue weighted by Gasteiger charge is 2.16. The highest BCUT2D eigenvalue weighted by molar-refractivity contribution is 9.10. The zero-order valence-corrected chi connectivity index (χ0v) is 11.1. The predicted molar refractivity (Wildman–Crippen MR) is 63.9 cm³/mol. The van der Waals surface area contributed by atoms with Gasteiger partial charge < -0.3 is 0 Å². The van der Waals surface area contributed by atoms with Crippen molar-refractivity contribution in [1.29, 1.82) is 0 Å². The van der Waals surface area contributed by atoms with E-state index < -0.39 is 11.6 Å². The van der Waals surface area contributed by atoms with E-state index in [9.17, 15) is 8.78 Å². The molecule has 1 aromatic heterocycles. The number of hydrogen-bond acceptors (Lipinski definition) is 3. The lowest BCUT2D eigenvalue weighted by Crippen LogP contribution is -1.95. The molecule has 0 saturated carbocycles. The zero-order chi connectivity index (χ0) is 11.9. The first-order chi connectivity index (χ1) is 7.54. The van der Waals surface area contributed by atoms with Gasteiger partial charge in [-0.25, -0.2) is 18.7 Å². The van der Waals surface area contributed by atoms with E-state index in [2.05, 4.69) is 25.9 Å². The van der Waals surface area contributed by atoms with Crippen LogP contribution in [0.15, 0.2) is 15.7 Å². The molecule has 0 amide bonds. The van der Waals surface area contributed by atoms with Crippen LogP contribution < -0.4 is 0 Å². The fourth-order valence-corrected chi connectivity index (χ4v) is 2.30. The summed E-state index contributed by atoms with van der Waals surface area (Å²) in [4.78, 5) is 7.74. The number of rotatable bonds is 1. The van der Waals surface area contributed by atoms with Gasteiger partial charge in [0.05, 0.1) is 9.86 Å². The lowest BCUT2D eigenvalue weighted by Gasteiger charge is -2.05. The van der Waals surface area contributed by atoms with Gasteiger partial charge in [0.1, 0.15) is 16.5 Å². The first kappa shape index (κ1) is 12.0. The summed E-state index contributed by atoms with van der Waals surface area (Å²) in [5, 5.41) is 0.118. The SMILES string of the molecule is CSc1nc(Cl)c2c(F)cc(Br)c(F)c2n1. The monoisotopic (exact) mass is 324 g/mol. The summed E-state index contributed by atoms with van der Waals surface area (Å²) in [6.07, 6.45) is 1.73. The fourth-order valence-electron chi connectivity index (χ4n) is 1.24. The Morgan fingerprint density at radius 2 is 2.06 bits per heavy atom. The van der Waals surface area contributed by atoms with Crippen molar-refractivity contribution in [3.05, 3.63) is 27.3 Å². The van der Waals surface area contributed by atoms with Crippen molar-refractivity contribution in [1.82, 2.24) is 9.97 Å². The second-order valence-corrected chi connectivity index (χ2v) is 4.86. The summed E-state index contributed by atoms with van der Waals surface area (Å²) < 4.78 is 27.3. The summed E-state index contributed by atoms with van der Waals surface area (Å²) in [6.45, 7) is 0. The predicted octanol–water partition coefficient (Wildman–Crippen LogP) is 4.05. The van der Waals surface area contributed by atoms with Crippen LogP contribution in [-0.4, -0.2) is 16.2 Å². The number of halogens is 4. The van der Waals surface area contributed by atoms with Crippen LogP contribution in [0.5, 0.6) is 0 Å². The minimum absolute atomic E-state index is 0.0133. The molecule has 0 aliphatic carbocycles. The minimum atomic E-state index is -0.652. The van der Waals surface area contributed by atoms with E-state index in [0.29, 0.717) is 5.16 Å². The maximum absolute atomic E-state index is 13.7. The zero-order valence-electron chi connectivity index (χ0n) is 7.89. The van der Waals surface area contributed by atoms with Gasteiger partial charge in [-0.15, -0.1) is 0 Å². The van der Waals surface area contributed by atoms with Gasteiger partial charge in [-0.05, 0) is 28.3 Å². The first-order valence-corrected chi connectivity index (χ1v) is 6.49. The Kier molecular flexibility index (Phi) is 3.32. The molecule has 0 unspecified atom stereocenters. The molecule has 2 aromatic rings. The van der Waals surface area contributed by atoms with Crippen LogP contribution in [0.25, 0.3) is 10.9 Å². The smallest absolute Gasteiger partial charge is 0.189 e. The average molecular weight is 326 g/mol. The van der Waals surface area contributed by atoms with Gasteiger partial charge in [0, 0.05) is 0 Å². The molecule has 0 bridgehead atoms. The van der Waals surface area contributed by atoms with E-state index in [0.717, 1.165) is 6.07 Å². The number of hydrogen-bond donors (Lipinski definition) is 0. The summed E-state index contributed by atoms with van der Waals surface area (Å²) in [7, 11) is 0. The van der Waals surface area contributed by atoms with E-state index in [1.54, 1.807) is 6.26 Å². The van der Waals surface area contributed by atoms with Gasteiger partial charge in [0.15, 0.2) is 11.0 Å². The van der Waals surface area contributed by atoms with Crippen molar-refractivity contribution in [2.75, 3.05) is 6.26 Å². The molecule has 1 heterocycles. The van der Waals surface area contributed by atoms with Gasteiger partial charge in [-0.2, -0.15) is 0 Å². The largest absolute Gasteiger partial charge is 0.219 e. The van der Waals surface area contributed by atoms with Gasteiger partial charge in [-0.3, -0.25) is 0 Å². The van der Waals surface area contributed by atoms with Crippen LogP contribution in [0.3, 0.4) is 0 Å². The molecule has 0 aliphatic heterocycles. The van der Waals surface area contributed by atoms with Crippen LogP contribution in [0.2, 0.25) is 5.15 Å². The molecule has 0 aliphatic rings. The lowest BCUT2D eigenvalue weighted by atomic mass is 10.2. The number of fused-ring (bicyclic) bond motifs is 1. The molecule has 0 spiro atoms. The second-order valence-electron chi connectivity index (χ2n) is 2.88. The third kappa shape index (κ3) is 1.89. The van der Waals surface area contributed by atoms with Crippen LogP contribution in [0.4, 0.5) is 8.78 Å². The molecule has 0 fully saturated rings. The molecule has 0 radical (unpaired) electrons. The maximum Gasteiger partial charge on any atom is 0.189 e. The number of aromatic nitrogens is 2. The van der Waals surface area contributed by atoms with Crippen LogP contribution in [-0.2, 0) is 0 Å². The number of benzene rings is 1. The van der Waals surface area contributed by atoms with Crippen LogP contribution in [0, 0.1) is 11.6 Å². The fraction of sp³-hybridized carbons (Fsp3) is 0.111. The Labute approximate surface area is 108 Å². The Bertz CT molecular complexity index is 579. The van der Waals surface area contributed by atoms with E-state index in [1.807, 2.05) is 0 Å². The van der Waals surface area contributed by atoms with E-state index in [-0.39, 0.29) is 20.5 Å². The number of thioether (sulfide) groups is 1. The summed E-state index contributed by atoms with van der Waals surface area (Å²) in [5.74, 6) is -1.29. The molecule has 16 heavy (non-hydrogen) atoms. The maximum atomic E-state index is 13.7. The standard InChI is InChI=1S/C9H4BrClF2N2S/c1-16-9-14-7-5(8(11)15-9)4(12)2-3(10)6(7)13/h2H,1H3. The van der Waals surface area contributed by atoms with Crippen molar-refractivity contribution >= 4 is 50.2 Å². The Morgan fingerprint density at radius 1 is 1.38 bits per heavy atom. The van der Waals surface area contributed by atoms with E-state index in [4.69, 9.17) is 11.6 Å². The molecule has 84 valence electrons. The van der Waals surface area contributed by atoms with Crippen LogP contribution >= 0.6 is 39.3 Å². The highest BCUT2D eigenvalue weighted by atomic mass is 79.9. The van der Waals surface area contributed by atoms with E-state index >= 15 is 0 Å². The molecule has 7 heteroatoms.